The second-order valence-electron chi connectivity index (χ2n) is 6.21. The van der Waals surface area contributed by atoms with Crippen LogP contribution in [0, 0.1) is 6.92 Å². The molecule has 0 bridgehead atoms. The summed E-state index contributed by atoms with van der Waals surface area (Å²) in [7, 11) is 1.88. The van der Waals surface area contributed by atoms with Crippen LogP contribution in [-0.2, 0) is 7.05 Å². The fourth-order valence-electron chi connectivity index (χ4n) is 2.99. The summed E-state index contributed by atoms with van der Waals surface area (Å²) < 4.78 is 1.75. The summed E-state index contributed by atoms with van der Waals surface area (Å²) in [6.45, 7) is 4.13. The van der Waals surface area contributed by atoms with Gasteiger partial charge in [-0.25, -0.2) is 9.97 Å². The second-order valence-corrected chi connectivity index (χ2v) is 6.21. The number of hydrogen-bond donors (Lipinski definition) is 1. The van der Waals surface area contributed by atoms with Crippen LogP contribution in [0.5, 0.6) is 0 Å². The topological polar surface area (TPSA) is 81.4 Å². The Morgan fingerprint density at radius 2 is 1.88 bits per heavy atom. The number of aromatic nitrogens is 6. The molecule has 0 aliphatic heterocycles. The highest BCUT2D eigenvalue weighted by Crippen LogP contribution is 2.27. The van der Waals surface area contributed by atoms with Crippen LogP contribution in [0.25, 0.3) is 22.4 Å². The first kappa shape index (κ1) is 16.1. The highest BCUT2D eigenvalue weighted by atomic mass is 15.3. The van der Waals surface area contributed by atoms with Gasteiger partial charge in [-0.15, -0.1) is 0 Å². The van der Waals surface area contributed by atoms with Crippen LogP contribution >= 0.6 is 0 Å². The molecule has 0 saturated carbocycles. The second kappa shape index (κ2) is 6.51. The molecule has 1 atom stereocenters. The van der Waals surface area contributed by atoms with Crippen LogP contribution in [0.1, 0.15) is 24.2 Å². The van der Waals surface area contributed by atoms with Crippen molar-refractivity contribution in [2.45, 2.75) is 19.9 Å². The summed E-state index contributed by atoms with van der Waals surface area (Å²) >= 11 is 0. The Morgan fingerprint density at radius 1 is 1.08 bits per heavy atom. The van der Waals surface area contributed by atoms with Crippen LogP contribution in [0.4, 0.5) is 5.82 Å². The predicted octanol–water partition coefficient (Wildman–Crippen LogP) is 3.30. The maximum Gasteiger partial charge on any atom is 0.164 e. The molecular weight excluding hydrogens is 326 g/mol. The van der Waals surface area contributed by atoms with Gasteiger partial charge in [-0.3, -0.25) is 14.6 Å². The van der Waals surface area contributed by atoms with Gasteiger partial charge in [0.15, 0.2) is 11.5 Å². The monoisotopic (exact) mass is 345 g/mol. The van der Waals surface area contributed by atoms with Gasteiger partial charge in [0.1, 0.15) is 5.82 Å². The van der Waals surface area contributed by atoms with Crippen molar-refractivity contribution in [2.24, 2.45) is 7.05 Å². The fourth-order valence-corrected chi connectivity index (χ4v) is 2.99. The maximum absolute atomic E-state index is 4.75. The summed E-state index contributed by atoms with van der Waals surface area (Å²) in [4.78, 5) is 18.0. The van der Waals surface area contributed by atoms with Gasteiger partial charge in [0.05, 0.1) is 23.3 Å². The number of pyridine rings is 2. The maximum atomic E-state index is 4.75. The van der Waals surface area contributed by atoms with Crippen molar-refractivity contribution in [3.63, 3.8) is 0 Å². The lowest BCUT2D eigenvalue weighted by atomic mass is 10.1. The van der Waals surface area contributed by atoms with Gasteiger partial charge >= 0.3 is 0 Å². The molecule has 4 aromatic heterocycles. The molecule has 4 heterocycles. The van der Waals surface area contributed by atoms with E-state index in [0.29, 0.717) is 5.82 Å². The first-order valence-electron chi connectivity index (χ1n) is 8.41. The van der Waals surface area contributed by atoms with E-state index >= 15 is 0 Å². The molecule has 1 N–H and O–H groups in total. The number of anilines is 1. The van der Waals surface area contributed by atoms with Gasteiger partial charge in [-0.2, -0.15) is 5.10 Å². The Balaban J connectivity index is 1.80. The minimum absolute atomic E-state index is 0.000189. The van der Waals surface area contributed by atoms with E-state index in [-0.39, 0.29) is 6.04 Å². The average Bonchev–Trinajstić information content (AvgIpc) is 3.04. The van der Waals surface area contributed by atoms with Crippen molar-refractivity contribution in [3.05, 3.63) is 60.3 Å². The zero-order valence-electron chi connectivity index (χ0n) is 14.9. The number of nitrogens with one attached hydrogen (secondary N) is 1. The first-order chi connectivity index (χ1) is 12.6. The summed E-state index contributed by atoms with van der Waals surface area (Å²) in [5.41, 5.74) is 3.82. The molecule has 0 spiro atoms. The van der Waals surface area contributed by atoms with Crippen LogP contribution in [0.2, 0.25) is 0 Å². The Bertz CT molecular complexity index is 1060. The van der Waals surface area contributed by atoms with E-state index in [2.05, 4.69) is 45.3 Å². The molecule has 7 heteroatoms. The first-order valence-corrected chi connectivity index (χ1v) is 8.41. The zero-order chi connectivity index (χ0) is 18.1. The Hall–Kier alpha value is -3.35. The van der Waals surface area contributed by atoms with E-state index in [1.807, 2.05) is 31.4 Å². The van der Waals surface area contributed by atoms with Crippen molar-refractivity contribution < 1.29 is 0 Å². The highest BCUT2D eigenvalue weighted by molar-refractivity contribution is 5.88. The number of hydrogen-bond acceptors (Lipinski definition) is 6. The van der Waals surface area contributed by atoms with Gasteiger partial charge < -0.3 is 5.32 Å². The normalized spacial score (nSPS) is 12.3. The summed E-state index contributed by atoms with van der Waals surface area (Å²) in [5.74, 6) is 1.38. The smallest absolute Gasteiger partial charge is 0.164 e. The summed E-state index contributed by atoms with van der Waals surface area (Å²) in [5, 5.41) is 8.70. The lowest BCUT2D eigenvalue weighted by Gasteiger charge is -2.17. The largest absolute Gasteiger partial charge is 0.361 e. The quantitative estimate of drug-likeness (QED) is 0.611. The summed E-state index contributed by atoms with van der Waals surface area (Å²) in [6.07, 6.45) is 7.06. The van der Waals surface area contributed by atoms with Crippen LogP contribution in [0.3, 0.4) is 0 Å². The van der Waals surface area contributed by atoms with Crippen molar-refractivity contribution in [1.82, 2.24) is 29.7 Å². The SMILES string of the molecule is Cc1cccnc1[C@H](C)Nc1nc(-c2ccncc2)nc2c1cnn2C. The van der Waals surface area contributed by atoms with Gasteiger partial charge in [0, 0.05) is 31.2 Å². The van der Waals surface area contributed by atoms with Crippen LogP contribution in [-0.4, -0.2) is 29.7 Å². The molecule has 130 valence electrons. The van der Waals surface area contributed by atoms with Crippen LogP contribution < -0.4 is 5.32 Å². The Morgan fingerprint density at radius 3 is 2.65 bits per heavy atom. The van der Waals surface area contributed by atoms with Gasteiger partial charge in [0.2, 0.25) is 0 Å². The number of nitrogens with zero attached hydrogens (tertiary/aromatic N) is 6. The molecule has 0 amide bonds. The zero-order valence-corrected chi connectivity index (χ0v) is 14.9. The van der Waals surface area contributed by atoms with Crippen molar-refractivity contribution in [2.75, 3.05) is 5.32 Å². The molecule has 0 saturated heterocycles. The lowest BCUT2D eigenvalue weighted by molar-refractivity contribution is 0.785. The molecule has 4 rings (SSSR count). The molecule has 0 fully saturated rings. The predicted molar refractivity (Wildman–Crippen MR) is 101 cm³/mol. The lowest BCUT2D eigenvalue weighted by Crippen LogP contribution is -2.12. The molecule has 7 nitrogen and oxygen atoms in total. The number of fused-ring (bicyclic) bond motifs is 1. The van der Waals surface area contributed by atoms with E-state index in [9.17, 15) is 0 Å². The molecule has 0 aliphatic rings. The standard InChI is InChI=1S/C19H19N7/c1-12-5-4-8-21-16(12)13(2)23-18-15-11-22-26(3)19(15)25-17(24-18)14-6-9-20-10-7-14/h4-11,13H,1-3H3,(H,23,24,25)/t13-/m0/s1. The van der Waals surface area contributed by atoms with E-state index in [1.165, 1.54) is 0 Å². The highest BCUT2D eigenvalue weighted by Gasteiger charge is 2.16. The van der Waals surface area contributed by atoms with Crippen LogP contribution in [0.15, 0.2) is 49.1 Å². The number of rotatable bonds is 4. The molecule has 0 unspecified atom stereocenters. The minimum Gasteiger partial charge on any atom is -0.361 e. The van der Waals surface area contributed by atoms with Crippen molar-refractivity contribution in [3.8, 4) is 11.4 Å². The molecule has 26 heavy (non-hydrogen) atoms. The summed E-state index contributed by atoms with van der Waals surface area (Å²) in [6, 6.07) is 7.79. The van der Waals surface area contributed by atoms with E-state index in [1.54, 1.807) is 23.3 Å². The van der Waals surface area contributed by atoms with Gasteiger partial charge in [-0.05, 0) is 37.6 Å². The third-order valence-electron chi connectivity index (χ3n) is 4.34. The third kappa shape index (κ3) is 2.88. The fraction of sp³-hybridized carbons (Fsp3) is 0.211. The molecule has 0 radical (unpaired) electrons. The number of aryl methyl sites for hydroxylation is 2. The van der Waals surface area contributed by atoms with Gasteiger partial charge in [-0.1, -0.05) is 6.07 Å². The molecule has 0 aromatic carbocycles. The average molecular weight is 345 g/mol. The van der Waals surface area contributed by atoms with Crippen molar-refractivity contribution in [1.29, 1.82) is 0 Å². The Kier molecular flexibility index (Phi) is 4.04. The molecular formula is C19H19N7. The van der Waals surface area contributed by atoms with Gasteiger partial charge in [0.25, 0.3) is 0 Å². The van der Waals surface area contributed by atoms with E-state index < -0.39 is 0 Å². The molecule has 4 aromatic rings. The third-order valence-corrected chi connectivity index (χ3v) is 4.34. The van der Waals surface area contributed by atoms with E-state index in [0.717, 1.165) is 33.7 Å². The van der Waals surface area contributed by atoms with Crippen molar-refractivity contribution >= 4 is 16.9 Å². The Labute approximate surface area is 151 Å². The molecule has 0 aliphatic carbocycles. The van der Waals surface area contributed by atoms with E-state index in [4.69, 9.17) is 4.98 Å². The minimum atomic E-state index is -0.000189.